The van der Waals surface area contributed by atoms with Gasteiger partial charge in [-0.1, -0.05) is 26.8 Å². The summed E-state index contributed by atoms with van der Waals surface area (Å²) in [6, 6.07) is 0. The fourth-order valence-electron chi connectivity index (χ4n) is 6.91. The molecular formula is C20H30O3. The molecule has 10 atom stereocenters. The summed E-state index contributed by atoms with van der Waals surface area (Å²) in [4.78, 5) is 0. The van der Waals surface area contributed by atoms with Gasteiger partial charge in [0.25, 0.3) is 0 Å². The number of rotatable bonds is 3. The second kappa shape index (κ2) is 4.23. The molecule has 1 N–H and O–H groups in total. The number of aliphatic hydroxyl groups is 1. The molecule has 128 valence electrons. The van der Waals surface area contributed by atoms with E-state index in [1.54, 1.807) is 0 Å². The second-order valence-corrected chi connectivity index (χ2v) is 9.73. The zero-order valence-electron chi connectivity index (χ0n) is 14.8. The lowest BCUT2D eigenvalue weighted by molar-refractivity contribution is -0.143. The van der Waals surface area contributed by atoms with Crippen LogP contribution in [0.5, 0.6) is 0 Å². The van der Waals surface area contributed by atoms with E-state index in [4.69, 9.17) is 9.47 Å². The Balaban J connectivity index is 1.35. The summed E-state index contributed by atoms with van der Waals surface area (Å²) in [6.07, 6.45) is 3.98. The summed E-state index contributed by atoms with van der Waals surface area (Å²) in [5.41, 5.74) is 1.35. The van der Waals surface area contributed by atoms with Gasteiger partial charge in [-0.25, -0.2) is 0 Å². The molecule has 0 aromatic rings. The molecule has 23 heavy (non-hydrogen) atoms. The summed E-state index contributed by atoms with van der Waals surface area (Å²) in [6.45, 7) is 13.5. The lowest BCUT2D eigenvalue weighted by atomic mass is 9.46. The van der Waals surface area contributed by atoms with Crippen LogP contribution in [-0.4, -0.2) is 35.1 Å². The van der Waals surface area contributed by atoms with Gasteiger partial charge >= 0.3 is 0 Å². The van der Waals surface area contributed by atoms with Gasteiger partial charge in [-0.05, 0) is 61.9 Å². The van der Waals surface area contributed by atoms with E-state index in [2.05, 4.69) is 34.3 Å². The smallest absolute Gasteiger partial charge is 0.117 e. The lowest BCUT2D eigenvalue weighted by Crippen LogP contribution is -2.57. The first kappa shape index (κ1) is 14.9. The molecule has 3 saturated carbocycles. The van der Waals surface area contributed by atoms with Crippen molar-refractivity contribution in [3.63, 3.8) is 0 Å². The molecule has 2 heterocycles. The van der Waals surface area contributed by atoms with E-state index in [-0.39, 0.29) is 35.4 Å². The zero-order valence-corrected chi connectivity index (χ0v) is 14.8. The highest BCUT2D eigenvalue weighted by Crippen LogP contribution is 2.73. The number of hydrogen-bond acceptors (Lipinski definition) is 3. The van der Waals surface area contributed by atoms with Crippen molar-refractivity contribution >= 4 is 0 Å². The first-order valence-corrected chi connectivity index (χ1v) is 9.47. The van der Waals surface area contributed by atoms with Crippen molar-refractivity contribution in [2.45, 2.75) is 77.0 Å². The Morgan fingerprint density at radius 1 is 1.22 bits per heavy atom. The maximum absolute atomic E-state index is 10.8. The van der Waals surface area contributed by atoms with Crippen LogP contribution in [0, 0.1) is 35.0 Å². The van der Waals surface area contributed by atoms with E-state index < -0.39 is 0 Å². The third-order valence-corrected chi connectivity index (χ3v) is 8.34. The maximum Gasteiger partial charge on any atom is 0.117 e. The van der Waals surface area contributed by atoms with Gasteiger partial charge in [-0.3, -0.25) is 0 Å². The SMILES string of the molecule is C=C(C1CC(O)C2(C)C3CCC(C)C3C12)C1OC1C1OC1(C)C. The van der Waals surface area contributed by atoms with Gasteiger partial charge in [-0.2, -0.15) is 0 Å². The van der Waals surface area contributed by atoms with Crippen LogP contribution in [0.25, 0.3) is 0 Å². The number of ether oxygens (including phenoxy) is 2. The van der Waals surface area contributed by atoms with E-state index in [1.165, 1.54) is 18.4 Å². The van der Waals surface area contributed by atoms with Crippen molar-refractivity contribution in [2.24, 2.45) is 35.0 Å². The first-order chi connectivity index (χ1) is 10.8. The molecular weight excluding hydrogens is 288 g/mol. The van der Waals surface area contributed by atoms with Crippen molar-refractivity contribution in [3.05, 3.63) is 12.2 Å². The molecule has 0 spiro atoms. The average molecular weight is 318 g/mol. The monoisotopic (exact) mass is 318 g/mol. The van der Waals surface area contributed by atoms with Crippen LogP contribution in [0.1, 0.15) is 47.0 Å². The molecule has 5 fully saturated rings. The molecule has 2 aliphatic heterocycles. The van der Waals surface area contributed by atoms with Crippen molar-refractivity contribution in [1.82, 2.24) is 0 Å². The Morgan fingerprint density at radius 3 is 2.57 bits per heavy atom. The van der Waals surface area contributed by atoms with Crippen LogP contribution in [-0.2, 0) is 9.47 Å². The minimum absolute atomic E-state index is 0.0229. The van der Waals surface area contributed by atoms with Gasteiger partial charge in [0.2, 0.25) is 0 Å². The number of aliphatic hydroxyl groups excluding tert-OH is 1. The number of epoxide rings is 2. The lowest BCUT2D eigenvalue weighted by Gasteiger charge is -2.58. The Morgan fingerprint density at radius 2 is 1.91 bits per heavy atom. The van der Waals surface area contributed by atoms with Crippen LogP contribution in [0.2, 0.25) is 0 Å². The topological polar surface area (TPSA) is 45.3 Å². The molecule has 3 aliphatic carbocycles. The van der Waals surface area contributed by atoms with E-state index in [1.807, 2.05) is 0 Å². The molecule has 0 radical (unpaired) electrons. The predicted octanol–water partition coefficient (Wildman–Crippen LogP) is 3.17. The van der Waals surface area contributed by atoms with Crippen molar-refractivity contribution in [1.29, 1.82) is 0 Å². The van der Waals surface area contributed by atoms with Crippen molar-refractivity contribution in [3.8, 4) is 0 Å². The summed E-state index contributed by atoms with van der Waals surface area (Å²) < 4.78 is 11.7. The van der Waals surface area contributed by atoms with Crippen LogP contribution < -0.4 is 0 Å². The molecule has 2 saturated heterocycles. The molecule has 0 amide bonds. The third-order valence-electron chi connectivity index (χ3n) is 8.34. The average Bonchev–Trinajstić information content (AvgIpc) is 3.32. The summed E-state index contributed by atoms with van der Waals surface area (Å²) in [5, 5.41) is 10.8. The Kier molecular flexibility index (Phi) is 2.74. The molecule has 0 bridgehead atoms. The van der Waals surface area contributed by atoms with Crippen molar-refractivity contribution in [2.75, 3.05) is 0 Å². The molecule has 3 heteroatoms. The molecule has 10 unspecified atom stereocenters. The molecule has 0 aromatic heterocycles. The van der Waals surface area contributed by atoms with Crippen LogP contribution in [0.15, 0.2) is 12.2 Å². The van der Waals surface area contributed by atoms with Gasteiger partial charge in [0, 0.05) is 5.41 Å². The van der Waals surface area contributed by atoms with Crippen LogP contribution in [0.4, 0.5) is 0 Å². The van der Waals surface area contributed by atoms with Gasteiger partial charge in [-0.15, -0.1) is 0 Å². The highest BCUT2D eigenvalue weighted by Gasteiger charge is 2.72. The quantitative estimate of drug-likeness (QED) is 0.642. The fraction of sp³-hybridized carbons (Fsp3) is 0.900. The van der Waals surface area contributed by atoms with Crippen molar-refractivity contribution < 1.29 is 14.6 Å². The Bertz CT molecular complexity index is 569. The Hall–Kier alpha value is -0.380. The van der Waals surface area contributed by atoms with Gasteiger partial charge in [0.15, 0.2) is 0 Å². The van der Waals surface area contributed by atoms with Gasteiger partial charge in [0.05, 0.1) is 11.7 Å². The minimum atomic E-state index is -0.161. The van der Waals surface area contributed by atoms with Gasteiger partial charge in [0.1, 0.15) is 18.3 Å². The van der Waals surface area contributed by atoms with E-state index >= 15 is 0 Å². The van der Waals surface area contributed by atoms with Crippen LogP contribution in [0.3, 0.4) is 0 Å². The first-order valence-electron chi connectivity index (χ1n) is 9.47. The number of fused-ring (bicyclic) bond motifs is 4. The fourth-order valence-corrected chi connectivity index (χ4v) is 6.91. The highest BCUT2D eigenvalue weighted by molar-refractivity contribution is 5.29. The Labute approximate surface area is 139 Å². The molecule has 5 rings (SSSR count). The summed E-state index contributed by atoms with van der Waals surface area (Å²) >= 11 is 0. The van der Waals surface area contributed by atoms with E-state index in [0.717, 1.165) is 24.2 Å². The second-order valence-electron chi connectivity index (χ2n) is 9.73. The minimum Gasteiger partial charge on any atom is -0.393 e. The normalized spacial score (nSPS) is 61.5. The maximum atomic E-state index is 10.8. The molecule has 5 aliphatic rings. The largest absolute Gasteiger partial charge is 0.393 e. The summed E-state index contributed by atoms with van der Waals surface area (Å²) in [7, 11) is 0. The van der Waals surface area contributed by atoms with E-state index in [9.17, 15) is 5.11 Å². The summed E-state index contributed by atoms with van der Waals surface area (Å²) in [5.74, 6) is 3.39. The molecule has 3 nitrogen and oxygen atoms in total. The van der Waals surface area contributed by atoms with Gasteiger partial charge < -0.3 is 14.6 Å². The predicted molar refractivity (Wildman–Crippen MR) is 87.8 cm³/mol. The standard InChI is InChI=1S/C20H30O3/c1-9-6-7-12-14(9)15-11(8-13(21)20(12,15)5)10(2)16-17(22-16)18-19(3,4)23-18/h9,11-18,21H,2,6-8H2,1,3-5H3. The molecule has 0 aromatic carbocycles. The van der Waals surface area contributed by atoms with Crippen LogP contribution >= 0.6 is 0 Å². The third kappa shape index (κ3) is 1.72. The van der Waals surface area contributed by atoms with E-state index in [0.29, 0.717) is 11.8 Å². The number of hydrogen-bond donors (Lipinski definition) is 1. The zero-order chi connectivity index (χ0) is 16.3. The highest BCUT2D eigenvalue weighted by atomic mass is 16.7.